The molecule has 2 aromatic carbocycles. The van der Waals surface area contributed by atoms with E-state index in [1.165, 1.54) is 10.6 Å². The summed E-state index contributed by atoms with van der Waals surface area (Å²) >= 11 is 3.26. The normalized spacial score (nSPS) is 10.9. The first kappa shape index (κ1) is 19.3. The Labute approximate surface area is 163 Å². The Morgan fingerprint density at radius 3 is 2.44 bits per heavy atom. The summed E-state index contributed by atoms with van der Waals surface area (Å²) in [5.41, 5.74) is 7.81. The van der Waals surface area contributed by atoms with Gasteiger partial charge in [0.25, 0.3) is 5.56 Å². The first-order valence-electron chi connectivity index (χ1n) is 8.19. The quantitative estimate of drug-likeness (QED) is 0.653. The highest BCUT2D eigenvalue weighted by molar-refractivity contribution is 9.10. The molecular weight excluding hydrogens is 418 g/mol. The molecule has 2 N–H and O–H groups in total. The summed E-state index contributed by atoms with van der Waals surface area (Å²) in [5, 5.41) is 0. The minimum Gasteiger partial charge on any atom is -0.487 e. The van der Waals surface area contributed by atoms with Gasteiger partial charge < -0.3 is 10.5 Å². The van der Waals surface area contributed by atoms with Gasteiger partial charge >= 0.3 is 0 Å². The predicted molar refractivity (Wildman–Crippen MR) is 103 cm³/mol. The Morgan fingerprint density at radius 1 is 1.11 bits per heavy atom. The highest BCUT2D eigenvalue weighted by Crippen LogP contribution is 2.25. The molecule has 1 aromatic heterocycles. The molecule has 0 radical (unpaired) electrons. The van der Waals surface area contributed by atoms with Crippen molar-refractivity contribution in [2.75, 3.05) is 0 Å². The molecule has 1 heterocycles. The molecule has 0 amide bonds. The minimum atomic E-state index is -0.698. The van der Waals surface area contributed by atoms with Crippen LogP contribution in [0.25, 0.3) is 5.69 Å². The summed E-state index contributed by atoms with van der Waals surface area (Å²) in [6.45, 7) is 2.07. The highest BCUT2D eigenvalue weighted by atomic mass is 79.9. The molecule has 7 heteroatoms. The van der Waals surface area contributed by atoms with E-state index in [-0.39, 0.29) is 28.0 Å². The van der Waals surface area contributed by atoms with Crippen LogP contribution in [0, 0.1) is 18.6 Å². The number of pyridine rings is 1. The van der Waals surface area contributed by atoms with Crippen molar-refractivity contribution in [3.05, 3.63) is 91.8 Å². The van der Waals surface area contributed by atoms with Crippen molar-refractivity contribution in [2.24, 2.45) is 5.73 Å². The van der Waals surface area contributed by atoms with E-state index in [2.05, 4.69) is 15.9 Å². The second-order valence-electron chi connectivity index (χ2n) is 6.00. The third-order valence-electron chi connectivity index (χ3n) is 4.13. The summed E-state index contributed by atoms with van der Waals surface area (Å²) < 4.78 is 34.1. The van der Waals surface area contributed by atoms with E-state index < -0.39 is 11.6 Å². The maximum atomic E-state index is 13.8. The second-order valence-corrected chi connectivity index (χ2v) is 6.79. The van der Waals surface area contributed by atoms with Crippen LogP contribution in [0.15, 0.2) is 57.8 Å². The molecule has 27 heavy (non-hydrogen) atoms. The third-order valence-corrected chi connectivity index (χ3v) is 4.86. The number of aryl methyl sites for hydroxylation is 1. The summed E-state index contributed by atoms with van der Waals surface area (Å²) in [4.78, 5) is 12.8. The lowest BCUT2D eigenvalue weighted by molar-refractivity contribution is 0.296. The molecule has 0 aliphatic heterocycles. The van der Waals surface area contributed by atoms with Crippen LogP contribution in [0.5, 0.6) is 5.75 Å². The van der Waals surface area contributed by atoms with Crippen molar-refractivity contribution >= 4 is 15.9 Å². The fourth-order valence-electron chi connectivity index (χ4n) is 2.68. The fraction of sp³-hybridized carbons (Fsp3) is 0.150. The van der Waals surface area contributed by atoms with Crippen LogP contribution in [-0.4, -0.2) is 4.57 Å². The number of ether oxygens (including phenoxy) is 1. The van der Waals surface area contributed by atoms with Crippen molar-refractivity contribution in [1.82, 2.24) is 4.57 Å². The van der Waals surface area contributed by atoms with E-state index in [4.69, 9.17) is 10.5 Å². The molecule has 0 fully saturated rings. The number of benzene rings is 2. The van der Waals surface area contributed by atoms with E-state index in [0.717, 1.165) is 17.7 Å². The van der Waals surface area contributed by atoms with Crippen LogP contribution < -0.4 is 16.0 Å². The fourth-order valence-corrected chi connectivity index (χ4v) is 3.09. The van der Waals surface area contributed by atoms with Crippen LogP contribution in [0.3, 0.4) is 0 Å². The first-order chi connectivity index (χ1) is 12.9. The number of nitrogens with two attached hydrogens (primary N) is 1. The lowest BCUT2D eigenvalue weighted by atomic mass is 10.2. The third kappa shape index (κ3) is 4.09. The topological polar surface area (TPSA) is 57.2 Å². The lowest BCUT2D eigenvalue weighted by Crippen LogP contribution is -2.22. The average Bonchev–Trinajstić information content (AvgIpc) is 2.65. The number of halogens is 3. The molecule has 140 valence electrons. The summed E-state index contributed by atoms with van der Waals surface area (Å²) in [6, 6.07) is 12.3. The van der Waals surface area contributed by atoms with E-state index in [0.29, 0.717) is 17.9 Å². The highest BCUT2D eigenvalue weighted by Gasteiger charge is 2.14. The zero-order valence-corrected chi connectivity index (χ0v) is 16.1. The molecule has 0 aliphatic carbocycles. The van der Waals surface area contributed by atoms with Crippen molar-refractivity contribution in [2.45, 2.75) is 20.1 Å². The van der Waals surface area contributed by atoms with Gasteiger partial charge in [0.05, 0.1) is 0 Å². The van der Waals surface area contributed by atoms with Gasteiger partial charge in [-0.3, -0.25) is 9.36 Å². The van der Waals surface area contributed by atoms with Crippen molar-refractivity contribution in [1.29, 1.82) is 0 Å². The van der Waals surface area contributed by atoms with Gasteiger partial charge in [-0.2, -0.15) is 0 Å². The SMILES string of the molecule is Cc1cc(OCc2ccc(F)cc2F)c(Br)c(=O)n1-c1ccc(CN)cc1. The minimum absolute atomic E-state index is 0.126. The number of rotatable bonds is 5. The zero-order chi connectivity index (χ0) is 19.6. The smallest absolute Gasteiger partial charge is 0.273 e. The predicted octanol–water partition coefficient (Wildman–Crippen LogP) is 4.22. The largest absolute Gasteiger partial charge is 0.487 e. The van der Waals surface area contributed by atoms with Crippen molar-refractivity contribution in [3.8, 4) is 11.4 Å². The Hall–Kier alpha value is -2.51. The van der Waals surface area contributed by atoms with Crippen molar-refractivity contribution < 1.29 is 13.5 Å². The van der Waals surface area contributed by atoms with Gasteiger partial charge in [0, 0.05) is 35.6 Å². The summed E-state index contributed by atoms with van der Waals surface area (Å²) in [5.74, 6) is -1.07. The Bertz CT molecular complexity index is 1030. The van der Waals surface area contributed by atoms with Gasteiger partial charge in [0.2, 0.25) is 0 Å². The maximum absolute atomic E-state index is 13.8. The molecule has 0 saturated heterocycles. The van der Waals surface area contributed by atoms with E-state index in [1.807, 2.05) is 24.3 Å². The molecule has 3 aromatic rings. The van der Waals surface area contributed by atoms with E-state index in [1.54, 1.807) is 13.0 Å². The van der Waals surface area contributed by atoms with Crippen molar-refractivity contribution in [3.63, 3.8) is 0 Å². The van der Waals surface area contributed by atoms with Crippen LogP contribution in [-0.2, 0) is 13.2 Å². The van der Waals surface area contributed by atoms with E-state index >= 15 is 0 Å². The number of aromatic nitrogens is 1. The Balaban J connectivity index is 1.91. The van der Waals surface area contributed by atoms with Crippen LogP contribution in [0.1, 0.15) is 16.8 Å². The number of hydrogen-bond donors (Lipinski definition) is 1. The zero-order valence-electron chi connectivity index (χ0n) is 14.5. The second kappa shape index (κ2) is 8.02. The van der Waals surface area contributed by atoms with Crippen LogP contribution in [0.4, 0.5) is 8.78 Å². The van der Waals surface area contributed by atoms with Gasteiger partial charge in [-0.15, -0.1) is 0 Å². The monoisotopic (exact) mass is 434 g/mol. The molecule has 0 spiro atoms. The molecule has 4 nitrogen and oxygen atoms in total. The number of hydrogen-bond acceptors (Lipinski definition) is 3. The summed E-state index contributed by atoms with van der Waals surface area (Å²) in [7, 11) is 0. The average molecular weight is 435 g/mol. The van der Waals surface area contributed by atoms with Gasteiger partial charge in [0.15, 0.2) is 0 Å². The van der Waals surface area contributed by atoms with Gasteiger partial charge in [-0.05, 0) is 52.7 Å². The Morgan fingerprint density at radius 2 is 1.81 bits per heavy atom. The first-order valence-corrected chi connectivity index (χ1v) is 8.98. The molecule has 0 bridgehead atoms. The maximum Gasteiger partial charge on any atom is 0.273 e. The van der Waals surface area contributed by atoms with Gasteiger partial charge in [-0.1, -0.05) is 12.1 Å². The van der Waals surface area contributed by atoms with Crippen LogP contribution >= 0.6 is 15.9 Å². The van der Waals surface area contributed by atoms with Gasteiger partial charge in [0.1, 0.15) is 28.5 Å². The molecule has 0 atom stereocenters. The van der Waals surface area contributed by atoms with E-state index in [9.17, 15) is 13.6 Å². The Kier molecular flexibility index (Phi) is 5.72. The summed E-state index contributed by atoms with van der Waals surface area (Å²) in [6.07, 6.45) is 0. The molecular formula is C20H17BrF2N2O2. The van der Waals surface area contributed by atoms with Gasteiger partial charge in [-0.25, -0.2) is 8.78 Å². The number of nitrogens with zero attached hydrogens (tertiary/aromatic N) is 1. The molecule has 0 saturated carbocycles. The van der Waals surface area contributed by atoms with Crippen LogP contribution in [0.2, 0.25) is 0 Å². The molecule has 0 unspecified atom stereocenters. The molecule has 0 aliphatic rings. The standard InChI is InChI=1S/C20H17BrF2N2O2/c1-12-8-18(27-11-14-4-5-15(22)9-17(14)23)19(21)20(26)25(12)16-6-2-13(10-24)3-7-16/h2-9H,10-11,24H2,1H3. The lowest BCUT2D eigenvalue weighted by Gasteiger charge is -2.15. The molecule has 3 rings (SSSR count).